The molecule has 0 atom stereocenters. The van der Waals surface area contributed by atoms with Crippen LogP contribution in [0.3, 0.4) is 0 Å². The van der Waals surface area contributed by atoms with Gasteiger partial charge in [-0.3, -0.25) is 4.79 Å². The van der Waals surface area contributed by atoms with Gasteiger partial charge in [0, 0.05) is 12.1 Å². The highest BCUT2D eigenvalue weighted by Crippen LogP contribution is 2.18. The highest BCUT2D eigenvalue weighted by atomic mass is 16.2. The van der Waals surface area contributed by atoms with Gasteiger partial charge in [-0.05, 0) is 48.9 Å². The molecule has 0 spiro atoms. The van der Waals surface area contributed by atoms with Crippen LogP contribution in [0.2, 0.25) is 0 Å². The Morgan fingerprint density at radius 3 is 2.15 bits per heavy atom. The zero-order valence-electron chi connectivity index (χ0n) is 15.7. The van der Waals surface area contributed by atoms with E-state index in [1.807, 2.05) is 69.3 Å². The minimum Gasteiger partial charge on any atom is -0.332 e. The summed E-state index contributed by atoms with van der Waals surface area (Å²) < 4.78 is 2.28. The molecule has 140 valence electrons. The van der Waals surface area contributed by atoms with Crippen LogP contribution in [0.1, 0.15) is 26.3 Å². The Labute approximate surface area is 157 Å². The second kappa shape index (κ2) is 7.57. The van der Waals surface area contributed by atoms with Gasteiger partial charge in [-0.15, -0.1) is 0 Å². The van der Waals surface area contributed by atoms with Gasteiger partial charge in [-0.1, -0.05) is 48.5 Å². The highest BCUT2D eigenvalue weighted by Gasteiger charge is 2.27. The highest BCUT2D eigenvalue weighted by molar-refractivity contribution is 5.76. The Kier molecular flexibility index (Phi) is 5.21. The largest absolute Gasteiger partial charge is 0.368 e. The van der Waals surface area contributed by atoms with Crippen LogP contribution in [0, 0.1) is 0 Å². The molecule has 0 bridgehead atoms. The van der Waals surface area contributed by atoms with Gasteiger partial charge in [0.05, 0.1) is 5.69 Å². The lowest BCUT2D eigenvalue weighted by atomic mass is 10.0. The van der Waals surface area contributed by atoms with Crippen molar-refractivity contribution in [3.63, 3.8) is 0 Å². The van der Waals surface area contributed by atoms with Crippen molar-refractivity contribution >= 4 is 5.91 Å². The van der Waals surface area contributed by atoms with E-state index in [4.69, 9.17) is 0 Å². The molecule has 7 nitrogen and oxygen atoms in total. The molecular weight excluding hydrogens is 342 g/mol. The number of para-hydroxylation sites is 1. The van der Waals surface area contributed by atoms with Crippen molar-refractivity contribution in [1.29, 1.82) is 0 Å². The van der Waals surface area contributed by atoms with Crippen LogP contribution in [0.25, 0.3) is 5.69 Å². The molecule has 2 aromatic carbocycles. The number of amides is 1. The number of tetrazole rings is 1. The van der Waals surface area contributed by atoms with Gasteiger partial charge in [-0.25, -0.2) is 4.79 Å². The van der Waals surface area contributed by atoms with Crippen LogP contribution in [-0.2, 0) is 17.9 Å². The second-order valence-electron chi connectivity index (χ2n) is 7.30. The predicted molar refractivity (Wildman–Crippen MR) is 102 cm³/mol. The molecule has 0 N–H and O–H groups in total. The smallest absolute Gasteiger partial charge is 0.332 e. The summed E-state index contributed by atoms with van der Waals surface area (Å²) in [6.45, 7) is 6.22. The number of hydrogen-bond donors (Lipinski definition) is 0. The Balaban J connectivity index is 1.82. The van der Waals surface area contributed by atoms with Gasteiger partial charge in [0.25, 0.3) is 0 Å². The molecule has 0 aliphatic rings. The van der Waals surface area contributed by atoms with Crippen LogP contribution in [0.5, 0.6) is 0 Å². The fourth-order valence-electron chi connectivity index (χ4n) is 2.78. The first kappa shape index (κ1) is 18.6. The SMILES string of the molecule is CC(C)(C)N(Cc1ccccc1)C(=O)Cn1nnn(-c2ccccc2)c1=O. The fourth-order valence-corrected chi connectivity index (χ4v) is 2.78. The third-order valence-electron chi connectivity index (χ3n) is 4.22. The summed E-state index contributed by atoms with van der Waals surface area (Å²) in [6, 6.07) is 18.8. The Morgan fingerprint density at radius 2 is 1.56 bits per heavy atom. The zero-order chi connectivity index (χ0) is 19.4. The van der Waals surface area contributed by atoms with E-state index in [0.29, 0.717) is 12.2 Å². The third kappa shape index (κ3) is 4.31. The minimum atomic E-state index is -0.442. The zero-order valence-corrected chi connectivity index (χ0v) is 15.7. The number of aromatic nitrogens is 4. The normalized spacial score (nSPS) is 11.4. The van der Waals surface area contributed by atoms with Gasteiger partial charge in [0.1, 0.15) is 6.54 Å². The Hall–Kier alpha value is -3.22. The van der Waals surface area contributed by atoms with Crippen molar-refractivity contribution in [3.05, 3.63) is 76.7 Å². The number of carbonyl (C=O) groups is 1. The van der Waals surface area contributed by atoms with Crippen LogP contribution in [0.15, 0.2) is 65.5 Å². The number of nitrogens with zero attached hydrogens (tertiary/aromatic N) is 5. The lowest BCUT2D eigenvalue weighted by Crippen LogP contribution is -2.47. The molecule has 0 aliphatic heterocycles. The summed E-state index contributed by atoms with van der Waals surface area (Å²) in [5.74, 6) is -0.187. The topological polar surface area (TPSA) is 73.0 Å². The molecule has 3 aromatic rings. The van der Waals surface area contributed by atoms with E-state index in [1.165, 1.54) is 4.68 Å². The van der Waals surface area contributed by atoms with Gasteiger partial charge < -0.3 is 4.90 Å². The van der Waals surface area contributed by atoms with E-state index < -0.39 is 11.2 Å². The number of hydrogen-bond acceptors (Lipinski definition) is 4. The number of benzene rings is 2. The summed E-state index contributed by atoms with van der Waals surface area (Å²) in [5, 5.41) is 7.76. The number of carbonyl (C=O) groups excluding carboxylic acids is 1. The van der Waals surface area contributed by atoms with Crippen molar-refractivity contribution in [3.8, 4) is 5.69 Å². The summed E-state index contributed by atoms with van der Waals surface area (Å²) in [6.07, 6.45) is 0. The maximum Gasteiger partial charge on any atom is 0.368 e. The average molecular weight is 365 g/mol. The molecule has 0 fully saturated rings. The third-order valence-corrected chi connectivity index (χ3v) is 4.22. The predicted octanol–water partition coefficient (Wildman–Crippen LogP) is 2.26. The lowest BCUT2D eigenvalue weighted by molar-refractivity contribution is -0.137. The van der Waals surface area contributed by atoms with E-state index in [2.05, 4.69) is 10.4 Å². The summed E-state index contributed by atoms with van der Waals surface area (Å²) in [4.78, 5) is 27.3. The van der Waals surface area contributed by atoms with E-state index in [-0.39, 0.29) is 12.5 Å². The summed E-state index contributed by atoms with van der Waals surface area (Å²) >= 11 is 0. The molecule has 1 heterocycles. The molecule has 3 rings (SSSR count). The first-order valence-electron chi connectivity index (χ1n) is 8.79. The fraction of sp³-hybridized carbons (Fsp3) is 0.300. The van der Waals surface area contributed by atoms with Crippen molar-refractivity contribution in [2.24, 2.45) is 0 Å². The van der Waals surface area contributed by atoms with Crippen molar-refractivity contribution in [1.82, 2.24) is 24.7 Å². The molecule has 0 radical (unpaired) electrons. The molecule has 0 saturated heterocycles. The molecule has 1 amide bonds. The van der Waals surface area contributed by atoms with E-state index >= 15 is 0 Å². The minimum absolute atomic E-state index is 0.157. The summed E-state index contributed by atoms with van der Waals surface area (Å²) in [7, 11) is 0. The molecule has 0 saturated carbocycles. The molecule has 27 heavy (non-hydrogen) atoms. The quantitative estimate of drug-likeness (QED) is 0.695. The standard InChI is InChI=1S/C20H23N5O2/c1-20(2,3)23(14-16-10-6-4-7-11-16)18(26)15-24-19(27)25(22-21-24)17-12-8-5-9-13-17/h4-13H,14-15H2,1-3H3. The van der Waals surface area contributed by atoms with Gasteiger partial charge in [-0.2, -0.15) is 9.36 Å². The van der Waals surface area contributed by atoms with Crippen LogP contribution in [0.4, 0.5) is 0 Å². The van der Waals surface area contributed by atoms with Crippen molar-refractivity contribution < 1.29 is 4.79 Å². The molecule has 1 aromatic heterocycles. The Bertz CT molecular complexity index is 955. The van der Waals surface area contributed by atoms with Gasteiger partial charge in [0.15, 0.2) is 0 Å². The van der Waals surface area contributed by atoms with E-state index in [9.17, 15) is 9.59 Å². The van der Waals surface area contributed by atoms with Crippen molar-refractivity contribution in [2.75, 3.05) is 0 Å². The van der Waals surface area contributed by atoms with Crippen molar-refractivity contribution in [2.45, 2.75) is 39.4 Å². The van der Waals surface area contributed by atoms with Gasteiger partial charge in [0.2, 0.25) is 5.91 Å². The van der Waals surface area contributed by atoms with Crippen LogP contribution < -0.4 is 5.69 Å². The lowest BCUT2D eigenvalue weighted by Gasteiger charge is -2.35. The maximum atomic E-state index is 13.0. The first-order chi connectivity index (χ1) is 12.9. The Morgan fingerprint density at radius 1 is 0.963 bits per heavy atom. The second-order valence-corrected chi connectivity index (χ2v) is 7.30. The van der Waals surface area contributed by atoms with Crippen LogP contribution in [-0.4, -0.2) is 36.1 Å². The van der Waals surface area contributed by atoms with E-state index in [1.54, 1.807) is 17.0 Å². The maximum absolute atomic E-state index is 13.0. The first-order valence-corrected chi connectivity index (χ1v) is 8.79. The number of rotatable bonds is 5. The van der Waals surface area contributed by atoms with Crippen LogP contribution >= 0.6 is 0 Å². The average Bonchev–Trinajstić information content (AvgIpc) is 3.01. The monoisotopic (exact) mass is 365 g/mol. The molecule has 7 heteroatoms. The molecule has 0 unspecified atom stereocenters. The summed E-state index contributed by atoms with van der Waals surface area (Å²) in [5.41, 5.74) is 0.800. The molecular formula is C20H23N5O2. The van der Waals surface area contributed by atoms with E-state index in [0.717, 1.165) is 10.2 Å². The van der Waals surface area contributed by atoms with Gasteiger partial charge >= 0.3 is 5.69 Å². The molecule has 0 aliphatic carbocycles.